The number of ether oxygens (including phenoxy) is 3. The molecule has 0 radical (unpaired) electrons. The van der Waals surface area contributed by atoms with Crippen molar-refractivity contribution in [2.75, 3.05) is 39.5 Å². The van der Waals surface area contributed by atoms with E-state index in [0.29, 0.717) is 26.4 Å². The molecule has 10 heteroatoms. The average Bonchev–Trinajstić information content (AvgIpc) is 3.12. The van der Waals surface area contributed by atoms with Gasteiger partial charge in [-0.25, -0.2) is 4.79 Å². The summed E-state index contributed by atoms with van der Waals surface area (Å²) in [6.45, 7) is 15.2. The lowest BCUT2D eigenvalue weighted by Gasteiger charge is -2.42. The van der Waals surface area contributed by atoms with E-state index in [2.05, 4.69) is 43.7 Å². The minimum atomic E-state index is -2.13. The van der Waals surface area contributed by atoms with E-state index in [1.165, 1.54) is 16.8 Å². The van der Waals surface area contributed by atoms with E-state index < -0.39 is 37.5 Å². The highest BCUT2D eigenvalue weighted by Crippen LogP contribution is 2.49. The first-order chi connectivity index (χ1) is 14.0. The van der Waals surface area contributed by atoms with Crippen molar-refractivity contribution in [3.05, 3.63) is 33.1 Å². The van der Waals surface area contributed by atoms with E-state index in [4.69, 9.17) is 18.6 Å². The number of fused-ring (bicyclic) bond motifs is 2. The molecule has 0 saturated carbocycles. The van der Waals surface area contributed by atoms with Crippen LogP contribution in [0.15, 0.2) is 21.9 Å². The summed E-state index contributed by atoms with van der Waals surface area (Å²) in [7, 11) is -2.13. The molecule has 2 unspecified atom stereocenters. The number of nitrogens with zero attached hydrogens (tertiary/aromatic N) is 2. The second kappa shape index (κ2) is 7.68. The van der Waals surface area contributed by atoms with Crippen molar-refractivity contribution in [3.63, 3.8) is 0 Å². The van der Waals surface area contributed by atoms with Crippen LogP contribution in [0, 0.1) is 0 Å². The molecule has 1 aromatic heterocycles. The Labute approximate surface area is 177 Å². The van der Waals surface area contributed by atoms with Crippen molar-refractivity contribution in [1.82, 2.24) is 14.5 Å². The van der Waals surface area contributed by atoms with Crippen LogP contribution in [0.1, 0.15) is 27.0 Å². The van der Waals surface area contributed by atoms with Crippen LogP contribution in [0.5, 0.6) is 0 Å². The van der Waals surface area contributed by atoms with Crippen LogP contribution >= 0.6 is 0 Å². The quantitative estimate of drug-likeness (QED) is 0.682. The molecule has 4 rings (SSSR count). The molecule has 30 heavy (non-hydrogen) atoms. The monoisotopic (exact) mass is 439 g/mol. The first-order valence-corrected chi connectivity index (χ1v) is 13.5. The Bertz CT molecular complexity index is 888. The van der Waals surface area contributed by atoms with Crippen LogP contribution in [-0.2, 0) is 18.6 Å². The number of rotatable bonds is 5. The van der Waals surface area contributed by atoms with Gasteiger partial charge >= 0.3 is 5.69 Å². The number of hydrogen-bond donors (Lipinski definition) is 1. The second-order valence-corrected chi connectivity index (χ2v) is 14.8. The van der Waals surface area contributed by atoms with Gasteiger partial charge in [-0.1, -0.05) is 20.8 Å². The standard InChI is InChI=1S/C20H33N3O6Si/c1-19(2,3)30(4,5)29-16-15-17(23-7-6-14(24)21-18(23)25)28-20(16,13-27-15)12-22-8-10-26-11-9-22/h6-7,15-17H,8-13H2,1-5H3,(H,21,24,25)/t15?,16?,17-,20+/m1/s1. The van der Waals surface area contributed by atoms with Crippen LogP contribution in [0.3, 0.4) is 0 Å². The molecule has 3 fully saturated rings. The summed E-state index contributed by atoms with van der Waals surface area (Å²) in [5, 5.41) is 0.0273. The summed E-state index contributed by atoms with van der Waals surface area (Å²) in [4.78, 5) is 28.6. The third-order valence-corrected chi connectivity index (χ3v) is 11.4. The van der Waals surface area contributed by atoms with Crippen LogP contribution in [0.4, 0.5) is 0 Å². The summed E-state index contributed by atoms with van der Waals surface area (Å²) >= 11 is 0. The Hall–Kier alpha value is -1.30. The Morgan fingerprint density at radius 3 is 2.60 bits per heavy atom. The Kier molecular flexibility index (Phi) is 5.61. The Morgan fingerprint density at radius 2 is 1.97 bits per heavy atom. The smallest absolute Gasteiger partial charge is 0.330 e. The largest absolute Gasteiger partial charge is 0.408 e. The zero-order chi connectivity index (χ0) is 21.7. The zero-order valence-corrected chi connectivity index (χ0v) is 19.5. The van der Waals surface area contributed by atoms with E-state index in [0.717, 1.165) is 13.1 Å². The fraction of sp³-hybridized carbons (Fsp3) is 0.800. The van der Waals surface area contributed by atoms with Gasteiger partial charge in [-0.05, 0) is 18.1 Å². The van der Waals surface area contributed by atoms with Gasteiger partial charge in [0.25, 0.3) is 5.56 Å². The van der Waals surface area contributed by atoms with Gasteiger partial charge in [0.05, 0.1) is 19.8 Å². The highest BCUT2D eigenvalue weighted by Gasteiger charge is 2.65. The SMILES string of the molecule is CC(C)(C)[Si](C)(C)OC1C2OC[C@]1(CN1CCOCC1)O[C@H]2n1ccc(=O)[nH]c1=O. The number of H-pyrrole nitrogens is 1. The molecule has 1 aromatic rings. The Morgan fingerprint density at radius 1 is 1.27 bits per heavy atom. The molecule has 0 amide bonds. The minimum Gasteiger partial charge on any atom is -0.408 e. The fourth-order valence-electron chi connectivity index (χ4n) is 4.17. The van der Waals surface area contributed by atoms with Gasteiger partial charge in [0.15, 0.2) is 14.5 Å². The lowest BCUT2D eigenvalue weighted by atomic mass is 9.98. The Balaban J connectivity index is 1.68. The number of aromatic amines is 1. The predicted molar refractivity (Wildman–Crippen MR) is 113 cm³/mol. The number of nitrogens with one attached hydrogen (secondary N) is 1. The van der Waals surface area contributed by atoms with Crippen LogP contribution in [0.25, 0.3) is 0 Å². The van der Waals surface area contributed by atoms with E-state index in [1.54, 1.807) is 0 Å². The second-order valence-electron chi connectivity index (χ2n) is 10.1. The van der Waals surface area contributed by atoms with Gasteiger partial charge in [0.2, 0.25) is 0 Å². The molecule has 2 bridgehead atoms. The first kappa shape index (κ1) is 21.9. The van der Waals surface area contributed by atoms with Gasteiger partial charge in [0.1, 0.15) is 17.8 Å². The molecular weight excluding hydrogens is 406 g/mol. The summed E-state index contributed by atoms with van der Waals surface area (Å²) in [6, 6.07) is 1.33. The topological polar surface area (TPSA) is 95.0 Å². The lowest BCUT2D eigenvalue weighted by Crippen LogP contribution is -2.57. The molecular formula is C20H33N3O6Si. The summed E-state index contributed by atoms with van der Waals surface area (Å²) < 4.78 is 26.5. The lowest BCUT2D eigenvalue weighted by molar-refractivity contribution is -0.183. The highest BCUT2D eigenvalue weighted by atomic mass is 28.4. The van der Waals surface area contributed by atoms with E-state index in [9.17, 15) is 9.59 Å². The molecule has 3 aliphatic heterocycles. The molecule has 0 aliphatic carbocycles. The maximum absolute atomic E-state index is 12.5. The predicted octanol–water partition coefficient (Wildman–Crippen LogP) is 0.926. The number of hydrogen-bond acceptors (Lipinski definition) is 7. The highest BCUT2D eigenvalue weighted by molar-refractivity contribution is 6.74. The van der Waals surface area contributed by atoms with Crippen molar-refractivity contribution in [3.8, 4) is 0 Å². The van der Waals surface area contributed by atoms with Gasteiger partial charge < -0.3 is 18.6 Å². The van der Waals surface area contributed by atoms with Crippen molar-refractivity contribution in [1.29, 1.82) is 0 Å². The fourth-order valence-corrected chi connectivity index (χ4v) is 5.51. The maximum Gasteiger partial charge on any atom is 0.330 e. The molecule has 9 nitrogen and oxygen atoms in total. The van der Waals surface area contributed by atoms with Gasteiger partial charge in [-0.15, -0.1) is 0 Å². The van der Waals surface area contributed by atoms with Gasteiger partial charge in [0, 0.05) is 31.9 Å². The van der Waals surface area contributed by atoms with Crippen molar-refractivity contribution in [2.45, 2.75) is 62.9 Å². The molecule has 4 atom stereocenters. The van der Waals surface area contributed by atoms with Crippen molar-refractivity contribution < 1.29 is 18.6 Å². The van der Waals surface area contributed by atoms with Gasteiger partial charge in [-0.3, -0.25) is 19.2 Å². The number of morpholine rings is 1. The number of aromatic nitrogens is 2. The van der Waals surface area contributed by atoms with Gasteiger partial charge in [-0.2, -0.15) is 0 Å². The van der Waals surface area contributed by atoms with Crippen molar-refractivity contribution in [2.24, 2.45) is 0 Å². The zero-order valence-electron chi connectivity index (χ0n) is 18.5. The maximum atomic E-state index is 12.5. The average molecular weight is 440 g/mol. The molecule has 1 N–H and O–H groups in total. The van der Waals surface area contributed by atoms with Crippen LogP contribution < -0.4 is 11.2 Å². The summed E-state index contributed by atoms with van der Waals surface area (Å²) in [5.41, 5.74) is -1.61. The summed E-state index contributed by atoms with van der Waals surface area (Å²) in [5.74, 6) is 0. The normalized spacial score (nSPS) is 32.6. The summed E-state index contributed by atoms with van der Waals surface area (Å²) in [6.07, 6.45) is 0.134. The molecule has 168 valence electrons. The van der Waals surface area contributed by atoms with Crippen LogP contribution in [0.2, 0.25) is 18.1 Å². The molecule has 3 aliphatic rings. The molecule has 4 heterocycles. The first-order valence-electron chi connectivity index (χ1n) is 10.6. The minimum absolute atomic E-state index is 0.0273. The van der Waals surface area contributed by atoms with Crippen LogP contribution in [-0.4, -0.2) is 80.0 Å². The molecule has 3 saturated heterocycles. The van der Waals surface area contributed by atoms with E-state index in [-0.39, 0.29) is 11.1 Å². The van der Waals surface area contributed by atoms with E-state index in [1.807, 2.05) is 0 Å². The molecule has 0 spiro atoms. The van der Waals surface area contributed by atoms with E-state index >= 15 is 0 Å². The molecule has 0 aromatic carbocycles. The third kappa shape index (κ3) is 3.85. The van der Waals surface area contributed by atoms with Crippen molar-refractivity contribution >= 4 is 8.32 Å². The third-order valence-electron chi connectivity index (χ3n) is 6.92.